The molecule has 2 aromatic carbocycles. The van der Waals surface area contributed by atoms with Crippen LogP contribution in [-0.2, 0) is 5.41 Å². The molecule has 2 atom stereocenters. The second-order valence-corrected chi connectivity index (χ2v) is 8.33. The van der Waals surface area contributed by atoms with Crippen LogP contribution >= 0.6 is 24.0 Å². The Labute approximate surface area is 174 Å². The summed E-state index contributed by atoms with van der Waals surface area (Å²) < 4.78 is 5.93. The van der Waals surface area contributed by atoms with Crippen LogP contribution in [0.2, 0.25) is 5.02 Å². The maximum atomic E-state index is 10.3. The highest BCUT2D eigenvalue weighted by molar-refractivity contribution is 6.30. The van der Waals surface area contributed by atoms with Crippen LogP contribution in [0.5, 0.6) is 5.75 Å². The first-order valence-electron chi connectivity index (χ1n) is 9.07. The van der Waals surface area contributed by atoms with Crippen molar-refractivity contribution in [1.82, 2.24) is 5.32 Å². The average molecular weight is 412 g/mol. The molecule has 0 saturated heterocycles. The normalized spacial score (nSPS) is 13.6. The molecule has 0 heterocycles. The molecular weight excluding hydrogens is 381 g/mol. The van der Waals surface area contributed by atoms with Gasteiger partial charge in [0, 0.05) is 17.6 Å². The van der Waals surface area contributed by atoms with E-state index in [4.69, 9.17) is 16.3 Å². The zero-order chi connectivity index (χ0) is 19.3. The van der Waals surface area contributed by atoms with Gasteiger partial charge in [-0.15, -0.1) is 12.4 Å². The zero-order valence-corrected chi connectivity index (χ0v) is 18.3. The molecule has 2 aromatic rings. The molecule has 0 saturated carbocycles. The molecule has 0 spiro atoms. The molecule has 0 aliphatic carbocycles. The van der Waals surface area contributed by atoms with Gasteiger partial charge in [0.1, 0.15) is 18.5 Å². The van der Waals surface area contributed by atoms with Crippen molar-refractivity contribution in [2.24, 2.45) is 0 Å². The first kappa shape index (κ1) is 23.8. The van der Waals surface area contributed by atoms with Gasteiger partial charge in [0.05, 0.1) is 0 Å². The van der Waals surface area contributed by atoms with E-state index in [0.29, 0.717) is 6.54 Å². The van der Waals surface area contributed by atoms with Gasteiger partial charge in [-0.3, -0.25) is 0 Å². The van der Waals surface area contributed by atoms with E-state index in [9.17, 15) is 5.11 Å². The lowest BCUT2D eigenvalue weighted by Gasteiger charge is -2.24. The summed E-state index contributed by atoms with van der Waals surface area (Å²) in [5.74, 6) is 0.841. The molecule has 0 fully saturated rings. The van der Waals surface area contributed by atoms with Crippen molar-refractivity contribution < 1.29 is 9.84 Å². The molecule has 0 aliphatic heterocycles. The average Bonchev–Trinajstić information content (AvgIpc) is 2.58. The summed E-state index contributed by atoms with van der Waals surface area (Å²) in [5.41, 5.74) is 3.50. The van der Waals surface area contributed by atoms with E-state index in [1.807, 2.05) is 36.4 Å². The minimum atomic E-state index is -0.584. The molecule has 2 rings (SSSR count). The third-order valence-electron chi connectivity index (χ3n) is 4.40. The standard InChI is InChI=1S/C22H30ClNO2.ClH/c1-15-6-11-21(20(12-15)22(3,4)5)26-14-19(25)13-24-16(2)17-7-9-18(23)10-8-17;/h6-12,16,19,24-25H,13-14H2,1-5H3;1H. The van der Waals surface area contributed by atoms with Crippen LogP contribution in [-0.4, -0.2) is 24.4 Å². The van der Waals surface area contributed by atoms with E-state index >= 15 is 0 Å². The van der Waals surface area contributed by atoms with Crippen LogP contribution in [0.15, 0.2) is 42.5 Å². The number of rotatable bonds is 7. The van der Waals surface area contributed by atoms with Gasteiger partial charge in [0.2, 0.25) is 0 Å². The Morgan fingerprint density at radius 1 is 1.11 bits per heavy atom. The van der Waals surface area contributed by atoms with E-state index in [1.54, 1.807) is 0 Å². The monoisotopic (exact) mass is 411 g/mol. The summed E-state index contributed by atoms with van der Waals surface area (Å²) in [6, 6.07) is 14.1. The van der Waals surface area contributed by atoms with Crippen LogP contribution in [0.4, 0.5) is 0 Å². The second kappa shape index (κ2) is 10.3. The highest BCUT2D eigenvalue weighted by atomic mass is 35.5. The van der Waals surface area contributed by atoms with E-state index < -0.39 is 6.10 Å². The molecule has 0 bridgehead atoms. The van der Waals surface area contributed by atoms with Crippen LogP contribution in [0.25, 0.3) is 0 Å². The first-order chi connectivity index (χ1) is 12.2. The van der Waals surface area contributed by atoms with Crippen molar-refractivity contribution in [1.29, 1.82) is 0 Å². The fraction of sp³-hybridized carbons (Fsp3) is 0.455. The summed E-state index contributed by atoms with van der Waals surface area (Å²) in [4.78, 5) is 0. The lowest BCUT2D eigenvalue weighted by Crippen LogP contribution is -2.33. The molecule has 5 heteroatoms. The van der Waals surface area contributed by atoms with E-state index in [2.05, 4.69) is 46.0 Å². The van der Waals surface area contributed by atoms with Gasteiger partial charge in [-0.05, 0) is 48.6 Å². The molecule has 0 radical (unpaired) electrons. The maximum absolute atomic E-state index is 10.3. The Morgan fingerprint density at radius 2 is 1.74 bits per heavy atom. The van der Waals surface area contributed by atoms with Crippen molar-refractivity contribution in [2.75, 3.05) is 13.2 Å². The Morgan fingerprint density at radius 3 is 2.33 bits per heavy atom. The van der Waals surface area contributed by atoms with Crippen molar-refractivity contribution in [2.45, 2.75) is 52.2 Å². The van der Waals surface area contributed by atoms with Crippen molar-refractivity contribution >= 4 is 24.0 Å². The maximum Gasteiger partial charge on any atom is 0.123 e. The third-order valence-corrected chi connectivity index (χ3v) is 4.66. The Hall–Kier alpha value is -1.26. The largest absolute Gasteiger partial charge is 0.491 e. The van der Waals surface area contributed by atoms with Gasteiger partial charge in [0.25, 0.3) is 0 Å². The van der Waals surface area contributed by atoms with Crippen LogP contribution in [0, 0.1) is 6.92 Å². The molecule has 2 unspecified atom stereocenters. The summed E-state index contributed by atoms with van der Waals surface area (Å²) in [5, 5.41) is 14.3. The first-order valence-corrected chi connectivity index (χ1v) is 9.45. The van der Waals surface area contributed by atoms with Crippen LogP contribution in [0.3, 0.4) is 0 Å². The summed E-state index contributed by atoms with van der Waals surface area (Å²) >= 11 is 5.92. The third kappa shape index (κ3) is 7.34. The minimum absolute atomic E-state index is 0. The molecule has 2 N–H and O–H groups in total. The molecule has 0 aliphatic rings. The predicted octanol–water partition coefficient (Wildman–Crippen LogP) is 5.46. The van der Waals surface area contributed by atoms with Gasteiger partial charge in [-0.25, -0.2) is 0 Å². The molecule has 27 heavy (non-hydrogen) atoms. The number of nitrogens with one attached hydrogen (secondary N) is 1. The fourth-order valence-corrected chi connectivity index (χ4v) is 2.91. The van der Waals surface area contributed by atoms with Crippen LogP contribution < -0.4 is 10.1 Å². The Bertz CT molecular complexity index is 711. The van der Waals surface area contributed by atoms with E-state index in [-0.39, 0.29) is 30.5 Å². The van der Waals surface area contributed by atoms with Crippen molar-refractivity contribution in [3.8, 4) is 5.75 Å². The van der Waals surface area contributed by atoms with Gasteiger partial charge in [0.15, 0.2) is 0 Å². The number of hydrogen-bond donors (Lipinski definition) is 2. The number of halogens is 2. The molecule has 3 nitrogen and oxygen atoms in total. The number of aliphatic hydroxyl groups is 1. The quantitative estimate of drug-likeness (QED) is 0.635. The molecule has 0 amide bonds. The zero-order valence-electron chi connectivity index (χ0n) is 16.8. The summed E-state index contributed by atoms with van der Waals surface area (Å²) in [7, 11) is 0. The van der Waals surface area contributed by atoms with Crippen molar-refractivity contribution in [3.63, 3.8) is 0 Å². The van der Waals surface area contributed by atoms with Gasteiger partial charge in [-0.1, -0.05) is 62.2 Å². The number of aryl methyl sites for hydroxylation is 1. The Kier molecular flexibility index (Phi) is 9.10. The van der Waals surface area contributed by atoms with Crippen LogP contribution in [0.1, 0.15) is 50.4 Å². The van der Waals surface area contributed by atoms with E-state index in [1.165, 1.54) is 5.56 Å². The number of aliphatic hydroxyl groups excluding tert-OH is 1. The van der Waals surface area contributed by atoms with Gasteiger partial charge >= 0.3 is 0 Å². The minimum Gasteiger partial charge on any atom is -0.491 e. The topological polar surface area (TPSA) is 41.5 Å². The number of ether oxygens (including phenoxy) is 1. The summed E-state index contributed by atoms with van der Waals surface area (Å²) in [6.45, 7) is 11.4. The van der Waals surface area contributed by atoms with Gasteiger partial charge in [-0.2, -0.15) is 0 Å². The number of benzene rings is 2. The summed E-state index contributed by atoms with van der Waals surface area (Å²) in [6.07, 6.45) is -0.584. The smallest absolute Gasteiger partial charge is 0.123 e. The van der Waals surface area contributed by atoms with Crippen molar-refractivity contribution in [3.05, 3.63) is 64.2 Å². The number of hydrogen-bond acceptors (Lipinski definition) is 3. The second-order valence-electron chi connectivity index (χ2n) is 7.90. The highest BCUT2D eigenvalue weighted by Crippen LogP contribution is 2.32. The lowest BCUT2D eigenvalue weighted by molar-refractivity contribution is 0.103. The van der Waals surface area contributed by atoms with Gasteiger partial charge < -0.3 is 15.2 Å². The molecular formula is C22H31Cl2NO2. The molecule has 150 valence electrons. The Balaban J connectivity index is 0.00000364. The SMILES string of the molecule is Cc1ccc(OCC(O)CNC(C)c2ccc(Cl)cc2)c(C(C)(C)C)c1.Cl. The highest BCUT2D eigenvalue weighted by Gasteiger charge is 2.20. The van der Waals surface area contributed by atoms with E-state index in [0.717, 1.165) is 21.9 Å². The molecule has 0 aromatic heterocycles. The lowest BCUT2D eigenvalue weighted by atomic mass is 9.85. The fourth-order valence-electron chi connectivity index (χ4n) is 2.78. The predicted molar refractivity (Wildman–Crippen MR) is 116 cm³/mol.